The minimum absolute atomic E-state index is 0.0704. The van der Waals surface area contributed by atoms with Crippen molar-refractivity contribution in [2.24, 2.45) is 0 Å². The number of ether oxygens (including phenoxy) is 3. The topological polar surface area (TPSA) is 78.9 Å². The zero-order valence-corrected chi connectivity index (χ0v) is 50.1. The third kappa shape index (κ3) is 61.8. The van der Waals surface area contributed by atoms with E-state index >= 15 is 0 Å². The van der Waals surface area contributed by atoms with Crippen LogP contribution >= 0.6 is 0 Å². The summed E-state index contributed by atoms with van der Waals surface area (Å²) in [7, 11) is 0. The summed E-state index contributed by atoms with van der Waals surface area (Å²) in [6, 6.07) is 0. The molecule has 0 bridgehead atoms. The summed E-state index contributed by atoms with van der Waals surface area (Å²) in [5.41, 5.74) is 0. The molecule has 0 heterocycles. The lowest BCUT2D eigenvalue weighted by Gasteiger charge is -2.18. The molecular formula is C69H124O6. The molecule has 0 spiro atoms. The van der Waals surface area contributed by atoms with E-state index in [4.69, 9.17) is 14.2 Å². The second-order valence-corrected chi connectivity index (χ2v) is 22.0. The van der Waals surface area contributed by atoms with Crippen molar-refractivity contribution in [3.05, 3.63) is 60.8 Å². The van der Waals surface area contributed by atoms with Crippen LogP contribution < -0.4 is 0 Å². The van der Waals surface area contributed by atoms with Crippen molar-refractivity contribution in [3.63, 3.8) is 0 Å². The van der Waals surface area contributed by atoms with Gasteiger partial charge in [0.25, 0.3) is 0 Å². The Labute approximate surface area is 466 Å². The third-order valence-corrected chi connectivity index (χ3v) is 14.5. The average molecular weight is 1050 g/mol. The number of carbonyl (C=O) groups is 3. The molecule has 6 nitrogen and oxygen atoms in total. The van der Waals surface area contributed by atoms with E-state index in [1.165, 1.54) is 205 Å². The lowest BCUT2D eigenvalue weighted by Crippen LogP contribution is -2.30. The fourth-order valence-electron chi connectivity index (χ4n) is 9.65. The number of allylic oxidation sites excluding steroid dienone is 10. The molecule has 0 aromatic heterocycles. The minimum atomic E-state index is -0.774. The summed E-state index contributed by atoms with van der Waals surface area (Å²) in [6.45, 7) is 6.58. The van der Waals surface area contributed by atoms with Crippen LogP contribution in [0.15, 0.2) is 60.8 Å². The van der Waals surface area contributed by atoms with Crippen molar-refractivity contribution < 1.29 is 28.6 Å². The highest BCUT2D eigenvalue weighted by molar-refractivity contribution is 5.71. The Balaban J connectivity index is 4.31. The van der Waals surface area contributed by atoms with Crippen LogP contribution in [0.4, 0.5) is 0 Å². The van der Waals surface area contributed by atoms with Crippen molar-refractivity contribution in [1.29, 1.82) is 0 Å². The van der Waals surface area contributed by atoms with E-state index in [-0.39, 0.29) is 31.1 Å². The maximum Gasteiger partial charge on any atom is 0.306 e. The zero-order valence-electron chi connectivity index (χ0n) is 50.1. The quantitative estimate of drug-likeness (QED) is 0.0261. The molecule has 0 aliphatic carbocycles. The van der Waals surface area contributed by atoms with Gasteiger partial charge in [-0.25, -0.2) is 0 Å². The van der Waals surface area contributed by atoms with Gasteiger partial charge in [-0.15, -0.1) is 0 Å². The second-order valence-electron chi connectivity index (χ2n) is 22.0. The standard InChI is InChI=1S/C69H124O6/c1-4-7-10-13-16-19-22-25-28-31-32-33-34-35-36-37-38-39-42-44-47-50-53-56-59-62-68(71)74-65-66(75-69(72)63-60-57-54-51-48-45-41-30-27-24-21-18-15-12-9-6-3)64-73-67(70)61-58-55-52-49-46-43-40-29-26-23-20-17-14-11-8-5-2/h7,10,16,19,25,28,32-33,35-36,66H,4-6,8-9,11-15,17-18,20-24,26-27,29-31,34,37-65H2,1-3H3/b10-7-,19-16-,28-25-,33-32-,36-35-. The van der Waals surface area contributed by atoms with Crippen LogP contribution in [-0.2, 0) is 28.6 Å². The van der Waals surface area contributed by atoms with E-state index in [1.54, 1.807) is 0 Å². The van der Waals surface area contributed by atoms with Crippen LogP contribution in [0, 0.1) is 0 Å². The van der Waals surface area contributed by atoms with E-state index in [2.05, 4.69) is 81.5 Å². The molecule has 1 unspecified atom stereocenters. The van der Waals surface area contributed by atoms with Crippen LogP contribution in [0.2, 0.25) is 0 Å². The Morgan fingerprint density at radius 1 is 0.280 bits per heavy atom. The minimum Gasteiger partial charge on any atom is -0.462 e. The lowest BCUT2D eigenvalue weighted by atomic mass is 10.0. The van der Waals surface area contributed by atoms with E-state index in [0.717, 1.165) is 96.3 Å². The number of esters is 3. The predicted octanol–water partition coefficient (Wildman–Crippen LogP) is 22.3. The summed E-state index contributed by atoms with van der Waals surface area (Å²) in [6.07, 6.45) is 80.8. The molecule has 0 aliphatic rings. The number of hydrogen-bond acceptors (Lipinski definition) is 6. The molecule has 0 saturated heterocycles. The van der Waals surface area contributed by atoms with E-state index in [0.29, 0.717) is 19.3 Å². The van der Waals surface area contributed by atoms with Crippen molar-refractivity contribution in [2.75, 3.05) is 13.2 Å². The van der Waals surface area contributed by atoms with Gasteiger partial charge in [-0.05, 0) is 64.2 Å². The van der Waals surface area contributed by atoms with Crippen LogP contribution in [0.3, 0.4) is 0 Å². The summed E-state index contributed by atoms with van der Waals surface area (Å²) >= 11 is 0. The van der Waals surface area contributed by atoms with Gasteiger partial charge in [0.2, 0.25) is 0 Å². The molecule has 0 saturated carbocycles. The molecule has 0 radical (unpaired) electrons. The highest BCUT2D eigenvalue weighted by Gasteiger charge is 2.19. The molecule has 0 N–H and O–H groups in total. The summed E-state index contributed by atoms with van der Waals surface area (Å²) in [5.74, 6) is -0.853. The summed E-state index contributed by atoms with van der Waals surface area (Å²) < 4.78 is 17.0. The van der Waals surface area contributed by atoms with Gasteiger partial charge < -0.3 is 14.2 Å². The maximum absolute atomic E-state index is 12.9. The van der Waals surface area contributed by atoms with Gasteiger partial charge in [0.05, 0.1) is 0 Å². The molecule has 0 amide bonds. The first-order valence-corrected chi connectivity index (χ1v) is 32.8. The Kier molecular flexibility index (Phi) is 61.2. The molecule has 0 fully saturated rings. The normalized spacial score (nSPS) is 12.4. The molecule has 0 aliphatic heterocycles. The Hall–Kier alpha value is -2.89. The van der Waals surface area contributed by atoms with Gasteiger partial charge in [-0.2, -0.15) is 0 Å². The van der Waals surface area contributed by atoms with E-state index in [1.807, 2.05) is 0 Å². The highest BCUT2D eigenvalue weighted by atomic mass is 16.6. The SMILES string of the molecule is CC/C=C\C/C=C\C/C=C\C/C=C\C/C=C\CCCCCCCCCCCC(=O)OCC(COC(=O)CCCCCCCCCCCCCCCCCC)OC(=O)CCCCCCCCCCCCCCCCCC. The van der Waals surface area contributed by atoms with Crippen molar-refractivity contribution in [3.8, 4) is 0 Å². The predicted molar refractivity (Wildman–Crippen MR) is 325 cm³/mol. The maximum atomic E-state index is 12.9. The average Bonchev–Trinajstić information content (AvgIpc) is 3.41. The smallest absolute Gasteiger partial charge is 0.306 e. The summed E-state index contributed by atoms with van der Waals surface area (Å²) in [5, 5.41) is 0. The van der Waals surface area contributed by atoms with Gasteiger partial charge in [0.15, 0.2) is 6.10 Å². The Bertz CT molecular complexity index is 1340. The number of unbranched alkanes of at least 4 members (excludes halogenated alkanes) is 39. The molecule has 436 valence electrons. The van der Waals surface area contributed by atoms with Crippen LogP contribution in [-0.4, -0.2) is 37.2 Å². The van der Waals surface area contributed by atoms with Gasteiger partial charge in [0.1, 0.15) is 13.2 Å². The highest BCUT2D eigenvalue weighted by Crippen LogP contribution is 2.18. The first-order chi connectivity index (χ1) is 37.0. The molecule has 6 heteroatoms. The monoisotopic (exact) mass is 1050 g/mol. The van der Waals surface area contributed by atoms with Crippen molar-refractivity contribution >= 4 is 17.9 Å². The molecule has 0 aromatic rings. The fraction of sp³-hybridized carbons (Fsp3) is 0.812. The van der Waals surface area contributed by atoms with Crippen LogP contribution in [0.1, 0.15) is 342 Å². The van der Waals surface area contributed by atoms with Gasteiger partial charge >= 0.3 is 17.9 Å². The number of carbonyl (C=O) groups excluding carboxylic acids is 3. The largest absolute Gasteiger partial charge is 0.462 e. The fourth-order valence-corrected chi connectivity index (χ4v) is 9.65. The zero-order chi connectivity index (χ0) is 54.3. The van der Waals surface area contributed by atoms with Gasteiger partial charge in [0, 0.05) is 19.3 Å². The van der Waals surface area contributed by atoms with Crippen LogP contribution in [0.25, 0.3) is 0 Å². The van der Waals surface area contributed by atoms with Gasteiger partial charge in [-0.3, -0.25) is 14.4 Å². The van der Waals surface area contributed by atoms with Gasteiger partial charge in [-0.1, -0.05) is 319 Å². The first-order valence-electron chi connectivity index (χ1n) is 32.8. The van der Waals surface area contributed by atoms with E-state index in [9.17, 15) is 14.4 Å². The molecular weight excluding hydrogens is 925 g/mol. The molecule has 1 atom stereocenters. The van der Waals surface area contributed by atoms with E-state index < -0.39 is 6.10 Å². The first kappa shape index (κ1) is 72.1. The summed E-state index contributed by atoms with van der Waals surface area (Å²) in [4.78, 5) is 38.4. The second kappa shape index (κ2) is 63.6. The Morgan fingerprint density at radius 2 is 0.520 bits per heavy atom. The van der Waals surface area contributed by atoms with Crippen LogP contribution in [0.5, 0.6) is 0 Å². The Morgan fingerprint density at radius 3 is 0.813 bits per heavy atom. The van der Waals surface area contributed by atoms with Crippen molar-refractivity contribution in [1.82, 2.24) is 0 Å². The third-order valence-electron chi connectivity index (χ3n) is 14.5. The molecule has 0 rings (SSSR count). The molecule has 75 heavy (non-hydrogen) atoms. The number of rotatable bonds is 60. The lowest BCUT2D eigenvalue weighted by molar-refractivity contribution is -0.167. The van der Waals surface area contributed by atoms with Crippen molar-refractivity contribution in [2.45, 2.75) is 348 Å². The number of hydrogen-bond donors (Lipinski definition) is 0. The molecule has 0 aromatic carbocycles.